The molecular formula is C13H12ClNS. The predicted molar refractivity (Wildman–Crippen MR) is 70.0 cm³/mol. The molecule has 0 saturated carbocycles. The molecule has 0 aliphatic carbocycles. The number of pyridine rings is 1. The Morgan fingerprint density at radius 2 is 2.06 bits per heavy atom. The van der Waals surface area contributed by atoms with Gasteiger partial charge >= 0.3 is 0 Å². The molecule has 0 atom stereocenters. The van der Waals surface area contributed by atoms with Crippen molar-refractivity contribution in [2.45, 2.75) is 17.6 Å². The third-order valence-electron chi connectivity index (χ3n) is 2.35. The van der Waals surface area contributed by atoms with E-state index in [9.17, 15) is 0 Å². The van der Waals surface area contributed by atoms with E-state index in [2.05, 4.69) is 36.2 Å². The summed E-state index contributed by atoms with van der Waals surface area (Å²) >= 11 is 7.61. The van der Waals surface area contributed by atoms with E-state index in [0.29, 0.717) is 5.15 Å². The molecule has 2 aromatic rings. The molecule has 1 aromatic heterocycles. The van der Waals surface area contributed by atoms with Gasteiger partial charge in [-0.2, -0.15) is 0 Å². The van der Waals surface area contributed by atoms with E-state index < -0.39 is 0 Å². The van der Waals surface area contributed by atoms with Gasteiger partial charge in [-0.1, -0.05) is 35.9 Å². The average Bonchev–Trinajstić information content (AvgIpc) is 2.28. The molecule has 1 nitrogen and oxygen atoms in total. The number of nitrogens with zero attached hydrogens (tertiary/aromatic N) is 1. The van der Waals surface area contributed by atoms with Gasteiger partial charge in [-0.05, 0) is 30.2 Å². The number of hydrogen-bond donors (Lipinski definition) is 0. The van der Waals surface area contributed by atoms with E-state index in [-0.39, 0.29) is 0 Å². The van der Waals surface area contributed by atoms with Crippen LogP contribution in [-0.2, 0) is 5.75 Å². The first-order valence-electron chi connectivity index (χ1n) is 5.04. The van der Waals surface area contributed by atoms with Crippen LogP contribution in [0.2, 0.25) is 5.15 Å². The fourth-order valence-electron chi connectivity index (χ4n) is 1.41. The van der Waals surface area contributed by atoms with E-state index in [4.69, 9.17) is 11.6 Å². The second-order valence-corrected chi connectivity index (χ2v) is 4.97. The van der Waals surface area contributed by atoms with Crippen molar-refractivity contribution in [1.29, 1.82) is 0 Å². The smallest absolute Gasteiger partial charge is 0.130 e. The Kier molecular flexibility index (Phi) is 3.86. The minimum atomic E-state index is 0.551. The standard InChI is InChI=1S/C13H12ClNS/c1-10-4-2-3-5-11(10)9-16-12-6-7-15-13(14)8-12/h2-8H,9H2,1H3. The summed E-state index contributed by atoms with van der Waals surface area (Å²) in [5.41, 5.74) is 2.69. The number of rotatable bonds is 3. The first kappa shape index (κ1) is 11.5. The van der Waals surface area contributed by atoms with Crippen molar-refractivity contribution < 1.29 is 0 Å². The molecule has 0 fully saturated rings. The normalized spacial score (nSPS) is 10.4. The van der Waals surface area contributed by atoms with Crippen molar-refractivity contribution in [3.05, 3.63) is 58.9 Å². The van der Waals surface area contributed by atoms with Gasteiger partial charge < -0.3 is 0 Å². The number of benzene rings is 1. The lowest BCUT2D eigenvalue weighted by Gasteiger charge is -2.05. The van der Waals surface area contributed by atoms with Crippen LogP contribution in [0.5, 0.6) is 0 Å². The van der Waals surface area contributed by atoms with Gasteiger partial charge in [-0.25, -0.2) is 4.98 Å². The lowest BCUT2D eigenvalue weighted by molar-refractivity contribution is 1.25. The van der Waals surface area contributed by atoms with Crippen LogP contribution in [0.15, 0.2) is 47.5 Å². The monoisotopic (exact) mass is 249 g/mol. The minimum absolute atomic E-state index is 0.551. The van der Waals surface area contributed by atoms with E-state index >= 15 is 0 Å². The molecule has 0 spiro atoms. The van der Waals surface area contributed by atoms with E-state index in [1.807, 2.05) is 12.1 Å². The minimum Gasteiger partial charge on any atom is -0.244 e. The summed E-state index contributed by atoms with van der Waals surface area (Å²) in [4.78, 5) is 5.12. The summed E-state index contributed by atoms with van der Waals surface area (Å²) in [7, 11) is 0. The molecule has 3 heteroatoms. The van der Waals surface area contributed by atoms with Gasteiger partial charge in [0, 0.05) is 16.8 Å². The molecule has 0 saturated heterocycles. The molecule has 0 radical (unpaired) electrons. The van der Waals surface area contributed by atoms with Gasteiger partial charge in [0.05, 0.1) is 0 Å². The van der Waals surface area contributed by atoms with Crippen LogP contribution in [0.25, 0.3) is 0 Å². The van der Waals surface area contributed by atoms with Crippen LogP contribution in [-0.4, -0.2) is 4.98 Å². The number of thioether (sulfide) groups is 1. The summed E-state index contributed by atoms with van der Waals surface area (Å²) in [6.07, 6.45) is 1.74. The highest BCUT2D eigenvalue weighted by Gasteiger charge is 1.99. The first-order valence-corrected chi connectivity index (χ1v) is 6.41. The van der Waals surface area contributed by atoms with Crippen LogP contribution in [0.4, 0.5) is 0 Å². The van der Waals surface area contributed by atoms with Crippen LogP contribution in [0.1, 0.15) is 11.1 Å². The predicted octanol–water partition coefficient (Wildman–Crippen LogP) is 4.34. The maximum atomic E-state index is 5.83. The summed E-state index contributed by atoms with van der Waals surface area (Å²) < 4.78 is 0. The maximum absolute atomic E-state index is 5.83. The van der Waals surface area contributed by atoms with Gasteiger partial charge in [0.25, 0.3) is 0 Å². The Balaban J connectivity index is 2.05. The summed E-state index contributed by atoms with van der Waals surface area (Å²) in [6.45, 7) is 2.13. The summed E-state index contributed by atoms with van der Waals surface area (Å²) in [5.74, 6) is 0.965. The molecule has 16 heavy (non-hydrogen) atoms. The highest BCUT2D eigenvalue weighted by atomic mass is 35.5. The first-order chi connectivity index (χ1) is 7.75. The summed E-state index contributed by atoms with van der Waals surface area (Å²) in [6, 6.07) is 12.3. The van der Waals surface area contributed by atoms with E-state index in [0.717, 1.165) is 10.6 Å². The zero-order chi connectivity index (χ0) is 11.4. The Morgan fingerprint density at radius 3 is 2.81 bits per heavy atom. The van der Waals surface area contributed by atoms with Gasteiger partial charge in [-0.15, -0.1) is 11.8 Å². The number of aryl methyl sites for hydroxylation is 1. The third-order valence-corrected chi connectivity index (χ3v) is 3.60. The van der Waals surface area contributed by atoms with Crippen molar-refractivity contribution >= 4 is 23.4 Å². The number of aromatic nitrogens is 1. The average molecular weight is 250 g/mol. The number of halogens is 1. The lowest BCUT2D eigenvalue weighted by atomic mass is 10.1. The molecule has 0 bridgehead atoms. The molecule has 0 unspecified atom stereocenters. The fraction of sp³-hybridized carbons (Fsp3) is 0.154. The molecular weight excluding hydrogens is 238 g/mol. The van der Waals surface area contributed by atoms with Crippen molar-refractivity contribution in [3.63, 3.8) is 0 Å². The van der Waals surface area contributed by atoms with Gasteiger partial charge in [0.15, 0.2) is 0 Å². The van der Waals surface area contributed by atoms with Crippen molar-refractivity contribution in [2.24, 2.45) is 0 Å². The summed E-state index contributed by atoms with van der Waals surface area (Å²) in [5, 5.41) is 0.551. The molecule has 0 N–H and O–H groups in total. The Bertz CT molecular complexity index is 485. The zero-order valence-corrected chi connectivity index (χ0v) is 10.6. The molecule has 0 aliphatic rings. The molecule has 1 heterocycles. The Morgan fingerprint density at radius 1 is 1.25 bits per heavy atom. The largest absolute Gasteiger partial charge is 0.244 e. The van der Waals surface area contributed by atoms with Crippen LogP contribution in [0, 0.1) is 6.92 Å². The molecule has 0 amide bonds. The molecule has 1 aromatic carbocycles. The quantitative estimate of drug-likeness (QED) is 0.593. The SMILES string of the molecule is Cc1ccccc1CSc1ccnc(Cl)c1. The van der Waals surface area contributed by atoms with Crippen molar-refractivity contribution in [3.8, 4) is 0 Å². The van der Waals surface area contributed by atoms with Gasteiger partial charge in [-0.3, -0.25) is 0 Å². The second kappa shape index (κ2) is 5.37. The highest BCUT2D eigenvalue weighted by Crippen LogP contribution is 2.25. The van der Waals surface area contributed by atoms with Gasteiger partial charge in [0.2, 0.25) is 0 Å². The fourth-order valence-corrected chi connectivity index (χ4v) is 2.64. The number of hydrogen-bond acceptors (Lipinski definition) is 2. The topological polar surface area (TPSA) is 12.9 Å². The second-order valence-electron chi connectivity index (χ2n) is 3.53. The highest BCUT2D eigenvalue weighted by molar-refractivity contribution is 7.98. The van der Waals surface area contributed by atoms with Crippen LogP contribution >= 0.6 is 23.4 Å². The van der Waals surface area contributed by atoms with Gasteiger partial charge in [0.1, 0.15) is 5.15 Å². The molecule has 0 aliphatic heterocycles. The van der Waals surface area contributed by atoms with Crippen LogP contribution in [0.3, 0.4) is 0 Å². The van der Waals surface area contributed by atoms with Crippen molar-refractivity contribution in [2.75, 3.05) is 0 Å². The molecule has 82 valence electrons. The van der Waals surface area contributed by atoms with E-state index in [1.165, 1.54) is 11.1 Å². The maximum Gasteiger partial charge on any atom is 0.130 e. The van der Waals surface area contributed by atoms with Crippen LogP contribution < -0.4 is 0 Å². The Hall–Kier alpha value is -0.990. The van der Waals surface area contributed by atoms with E-state index in [1.54, 1.807) is 18.0 Å². The third kappa shape index (κ3) is 3.00. The molecule has 2 rings (SSSR count). The Labute approximate surface area is 105 Å². The van der Waals surface area contributed by atoms with Crippen molar-refractivity contribution in [1.82, 2.24) is 4.98 Å². The lowest BCUT2D eigenvalue weighted by Crippen LogP contribution is -1.85. The zero-order valence-electron chi connectivity index (χ0n) is 8.98.